The van der Waals surface area contributed by atoms with Gasteiger partial charge in [-0.2, -0.15) is 0 Å². The van der Waals surface area contributed by atoms with Crippen molar-refractivity contribution in [2.24, 2.45) is 0 Å². The van der Waals surface area contributed by atoms with Crippen LogP contribution >= 0.6 is 0 Å². The molecular formula is C10H23N2. The molecule has 2 heteroatoms. The van der Waals surface area contributed by atoms with Crippen LogP contribution in [-0.4, -0.2) is 42.1 Å². The van der Waals surface area contributed by atoms with E-state index in [0.29, 0.717) is 6.17 Å². The van der Waals surface area contributed by atoms with Crippen molar-refractivity contribution < 1.29 is 0 Å². The first-order valence-corrected chi connectivity index (χ1v) is 5.02. The van der Waals surface area contributed by atoms with Gasteiger partial charge in [-0.15, -0.1) is 0 Å². The van der Waals surface area contributed by atoms with Gasteiger partial charge >= 0.3 is 0 Å². The maximum absolute atomic E-state index is 4.17. The summed E-state index contributed by atoms with van der Waals surface area (Å²) in [6.45, 7) is 17.3. The Hall–Kier alpha value is -0.0800. The molecule has 0 atom stereocenters. The fourth-order valence-corrected chi connectivity index (χ4v) is 1.52. The lowest BCUT2D eigenvalue weighted by Gasteiger charge is -2.35. The molecule has 2 nitrogen and oxygen atoms in total. The minimum absolute atomic E-state index is 0.343. The van der Waals surface area contributed by atoms with Crippen LogP contribution < -0.4 is 0 Å². The number of hydrogen-bond acceptors (Lipinski definition) is 2. The summed E-state index contributed by atoms with van der Waals surface area (Å²) >= 11 is 0. The van der Waals surface area contributed by atoms with Gasteiger partial charge in [-0.1, -0.05) is 27.7 Å². The molecule has 0 aromatic heterocycles. The highest BCUT2D eigenvalue weighted by atomic mass is 15.3. The van der Waals surface area contributed by atoms with E-state index in [-0.39, 0.29) is 0 Å². The maximum atomic E-state index is 4.17. The summed E-state index contributed by atoms with van der Waals surface area (Å²) in [5.74, 6) is 0. The minimum Gasteiger partial charge on any atom is -0.288 e. The van der Waals surface area contributed by atoms with Gasteiger partial charge in [-0.25, -0.2) is 0 Å². The van der Waals surface area contributed by atoms with Gasteiger partial charge in [0.2, 0.25) is 0 Å². The van der Waals surface area contributed by atoms with Crippen LogP contribution in [0.3, 0.4) is 0 Å². The van der Waals surface area contributed by atoms with E-state index in [4.69, 9.17) is 0 Å². The molecule has 0 saturated carbocycles. The summed E-state index contributed by atoms with van der Waals surface area (Å²) in [5, 5.41) is 0. The summed E-state index contributed by atoms with van der Waals surface area (Å²) in [4.78, 5) is 4.74. The largest absolute Gasteiger partial charge is 0.288 e. The van der Waals surface area contributed by atoms with Crippen LogP contribution in [-0.2, 0) is 0 Å². The molecule has 0 spiro atoms. The van der Waals surface area contributed by atoms with E-state index in [1.54, 1.807) is 0 Å². The Morgan fingerprint density at radius 2 is 1.08 bits per heavy atom. The quantitative estimate of drug-likeness (QED) is 0.563. The molecule has 0 N–H and O–H groups in total. The van der Waals surface area contributed by atoms with Crippen molar-refractivity contribution in [2.45, 2.75) is 33.9 Å². The van der Waals surface area contributed by atoms with Crippen LogP contribution in [0.2, 0.25) is 0 Å². The third-order valence-electron chi connectivity index (χ3n) is 2.47. The Morgan fingerprint density at radius 1 is 0.833 bits per heavy atom. The van der Waals surface area contributed by atoms with Gasteiger partial charge in [0.15, 0.2) is 0 Å². The predicted molar refractivity (Wildman–Crippen MR) is 55.0 cm³/mol. The predicted octanol–water partition coefficient (Wildman–Crippen LogP) is 1.83. The van der Waals surface area contributed by atoms with E-state index >= 15 is 0 Å². The second kappa shape index (κ2) is 6.44. The highest BCUT2D eigenvalue weighted by Gasteiger charge is 2.14. The van der Waals surface area contributed by atoms with Crippen molar-refractivity contribution in [3.05, 3.63) is 6.92 Å². The van der Waals surface area contributed by atoms with Gasteiger partial charge < -0.3 is 0 Å². The van der Waals surface area contributed by atoms with Crippen LogP contribution in [0.1, 0.15) is 27.7 Å². The molecular weight excluding hydrogens is 148 g/mol. The number of hydrogen-bond donors (Lipinski definition) is 0. The van der Waals surface area contributed by atoms with Gasteiger partial charge in [0.05, 0.1) is 6.17 Å². The molecule has 0 aromatic carbocycles. The van der Waals surface area contributed by atoms with Crippen molar-refractivity contribution in [3.8, 4) is 0 Å². The first kappa shape index (κ1) is 11.9. The van der Waals surface area contributed by atoms with Crippen LogP contribution in [0.5, 0.6) is 0 Å². The zero-order valence-corrected chi connectivity index (χ0v) is 9.01. The van der Waals surface area contributed by atoms with Crippen LogP contribution in [0, 0.1) is 6.92 Å². The van der Waals surface area contributed by atoms with Crippen molar-refractivity contribution in [1.29, 1.82) is 0 Å². The van der Waals surface area contributed by atoms with E-state index in [1.165, 1.54) is 0 Å². The Balaban J connectivity index is 4.02. The van der Waals surface area contributed by atoms with Gasteiger partial charge in [0, 0.05) is 0 Å². The lowest BCUT2D eigenvalue weighted by Crippen LogP contribution is -2.46. The van der Waals surface area contributed by atoms with Gasteiger partial charge in [0.1, 0.15) is 0 Å². The summed E-state index contributed by atoms with van der Waals surface area (Å²) in [6.07, 6.45) is 0.343. The monoisotopic (exact) mass is 171 g/mol. The van der Waals surface area contributed by atoms with Crippen LogP contribution in [0.25, 0.3) is 0 Å². The van der Waals surface area contributed by atoms with Crippen molar-refractivity contribution in [2.75, 3.05) is 26.2 Å². The highest BCUT2D eigenvalue weighted by molar-refractivity contribution is 4.72. The van der Waals surface area contributed by atoms with E-state index in [0.717, 1.165) is 26.2 Å². The molecule has 1 radical (unpaired) electrons. The number of nitrogens with zero attached hydrogens (tertiary/aromatic N) is 2. The first-order valence-electron chi connectivity index (χ1n) is 5.02. The molecule has 0 aliphatic rings. The average Bonchev–Trinajstić information content (AvgIpc) is 2.09. The molecule has 0 bridgehead atoms. The van der Waals surface area contributed by atoms with Gasteiger partial charge in [-0.05, 0) is 33.1 Å². The molecule has 0 saturated heterocycles. The average molecular weight is 171 g/mol. The van der Waals surface area contributed by atoms with Crippen LogP contribution in [0.4, 0.5) is 0 Å². The summed E-state index contributed by atoms with van der Waals surface area (Å²) in [5.41, 5.74) is 0. The second-order valence-electron chi connectivity index (χ2n) is 2.92. The Morgan fingerprint density at radius 3 is 1.25 bits per heavy atom. The molecule has 0 aliphatic heterocycles. The molecule has 0 aromatic rings. The maximum Gasteiger partial charge on any atom is 0.0623 e. The van der Waals surface area contributed by atoms with Gasteiger partial charge in [-0.3, -0.25) is 9.80 Å². The van der Waals surface area contributed by atoms with E-state index in [1.807, 2.05) is 0 Å². The Labute approximate surface area is 77.5 Å². The summed E-state index contributed by atoms with van der Waals surface area (Å²) in [6, 6.07) is 0. The molecule has 0 fully saturated rings. The normalized spacial score (nSPS) is 12.0. The second-order valence-corrected chi connectivity index (χ2v) is 2.92. The first-order chi connectivity index (χ1) is 5.71. The van der Waals surface area contributed by atoms with Crippen LogP contribution in [0.15, 0.2) is 0 Å². The standard InChI is InChI=1S/C10H23N2/c1-6-11(7-2)10(5)12(8-3)9-4/h10H,5-9H2,1-4H3. The number of rotatable bonds is 6. The molecule has 0 amide bonds. The summed E-state index contributed by atoms with van der Waals surface area (Å²) in [7, 11) is 0. The zero-order chi connectivity index (χ0) is 9.56. The van der Waals surface area contributed by atoms with E-state index in [9.17, 15) is 0 Å². The molecule has 0 aliphatic carbocycles. The molecule has 73 valence electrons. The van der Waals surface area contributed by atoms with Crippen molar-refractivity contribution in [1.82, 2.24) is 9.80 Å². The summed E-state index contributed by atoms with van der Waals surface area (Å²) < 4.78 is 0. The lowest BCUT2D eigenvalue weighted by atomic mass is 10.3. The third kappa shape index (κ3) is 3.11. The lowest BCUT2D eigenvalue weighted by molar-refractivity contribution is 0.0906. The molecule has 12 heavy (non-hydrogen) atoms. The third-order valence-corrected chi connectivity index (χ3v) is 2.47. The minimum atomic E-state index is 0.343. The van der Waals surface area contributed by atoms with E-state index in [2.05, 4.69) is 44.4 Å². The van der Waals surface area contributed by atoms with E-state index < -0.39 is 0 Å². The Kier molecular flexibility index (Phi) is 6.39. The smallest absolute Gasteiger partial charge is 0.0623 e. The topological polar surface area (TPSA) is 6.48 Å². The Bertz CT molecular complexity index is 84.0. The van der Waals surface area contributed by atoms with Gasteiger partial charge in [0.25, 0.3) is 0 Å². The fraction of sp³-hybridized carbons (Fsp3) is 0.900. The SMILES string of the molecule is [CH2]C(N(CC)CC)N(CC)CC. The fourth-order valence-electron chi connectivity index (χ4n) is 1.52. The van der Waals surface area contributed by atoms with Crippen molar-refractivity contribution >= 4 is 0 Å². The highest BCUT2D eigenvalue weighted by Crippen LogP contribution is 2.03. The molecule has 0 rings (SSSR count). The molecule has 0 heterocycles. The van der Waals surface area contributed by atoms with Crippen molar-refractivity contribution in [3.63, 3.8) is 0 Å². The molecule has 0 unspecified atom stereocenters. The zero-order valence-electron chi connectivity index (χ0n) is 9.01.